The standard InChI is InChI=1S/C16H18N4O/c1-12-6-7-14(18-11-12)19-16(21)13-5-4-8-17-15(13)20-9-2-3-10-20/h4-8,11H,2-3,9-10H2,1H3,(H,18,19,21). The fourth-order valence-corrected chi connectivity index (χ4v) is 2.48. The van der Waals surface area contributed by atoms with Gasteiger partial charge in [0.2, 0.25) is 0 Å². The van der Waals surface area contributed by atoms with Crippen molar-refractivity contribution >= 4 is 17.5 Å². The van der Waals surface area contributed by atoms with Crippen LogP contribution in [0.25, 0.3) is 0 Å². The van der Waals surface area contributed by atoms with Crippen molar-refractivity contribution in [3.05, 3.63) is 47.8 Å². The third-order valence-electron chi connectivity index (χ3n) is 3.59. The topological polar surface area (TPSA) is 58.1 Å². The molecule has 3 heterocycles. The zero-order valence-electron chi connectivity index (χ0n) is 12.0. The van der Waals surface area contributed by atoms with Crippen LogP contribution in [0, 0.1) is 6.92 Å². The van der Waals surface area contributed by atoms with Gasteiger partial charge in [-0.3, -0.25) is 4.79 Å². The average Bonchev–Trinajstić information content (AvgIpc) is 3.04. The molecule has 21 heavy (non-hydrogen) atoms. The molecule has 0 saturated carbocycles. The monoisotopic (exact) mass is 282 g/mol. The molecule has 1 saturated heterocycles. The van der Waals surface area contributed by atoms with Crippen molar-refractivity contribution < 1.29 is 4.79 Å². The van der Waals surface area contributed by atoms with Crippen molar-refractivity contribution in [3.8, 4) is 0 Å². The maximum absolute atomic E-state index is 12.5. The summed E-state index contributed by atoms with van der Waals surface area (Å²) >= 11 is 0. The van der Waals surface area contributed by atoms with Gasteiger partial charge < -0.3 is 10.2 Å². The molecule has 2 aromatic heterocycles. The van der Waals surface area contributed by atoms with Crippen LogP contribution in [0.3, 0.4) is 0 Å². The summed E-state index contributed by atoms with van der Waals surface area (Å²) in [6.07, 6.45) is 5.77. The minimum absolute atomic E-state index is 0.165. The lowest BCUT2D eigenvalue weighted by Crippen LogP contribution is -2.24. The summed E-state index contributed by atoms with van der Waals surface area (Å²) < 4.78 is 0. The number of aryl methyl sites for hydroxylation is 1. The van der Waals surface area contributed by atoms with Gasteiger partial charge in [-0.25, -0.2) is 9.97 Å². The van der Waals surface area contributed by atoms with E-state index in [0.29, 0.717) is 11.4 Å². The number of amides is 1. The number of hydrogen-bond donors (Lipinski definition) is 1. The Labute approximate surface area is 124 Å². The lowest BCUT2D eigenvalue weighted by molar-refractivity contribution is 0.102. The molecule has 0 aromatic carbocycles. The lowest BCUT2D eigenvalue weighted by atomic mass is 10.2. The third kappa shape index (κ3) is 3.02. The Kier molecular flexibility index (Phi) is 3.81. The fourth-order valence-electron chi connectivity index (χ4n) is 2.48. The maximum Gasteiger partial charge on any atom is 0.260 e. The summed E-state index contributed by atoms with van der Waals surface area (Å²) in [6.45, 7) is 3.88. The number of hydrogen-bond acceptors (Lipinski definition) is 4. The molecule has 0 radical (unpaired) electrons. The first-order chi connectivity index (χ1) is 10.2. The van der Waals surface area contributed by atoms with Crippen LogP contribution in [0.2, 0.25) is 0 Å². The van der Waals surface area contributed by atoms with Gasteiger partial charge in [0.1, 0.15) is 11.6 Å². The summed E-state index contributed by atoms with van der Waals surface area (Å²) in [7, 11) is 0. The SMILES string of the molecule is Cc1ccc(NC(=O)c2cccnc2N2CCCC2)nc1. The van der Waals surface area contributed by atoms with E-state index in [1.165, 1.54) is 0 Å². The van der Waals surface area contributed by atoms with E-state index in [1.807, 2.05) is 19.1 Å². The van der Waals surface area contributed by atoms with Gasteiger partial charge in [-0.15, -0.1) is 0 Å². The van der Waals surface area contributed by atoms with Crippen LogP contribution in [0.4, 0.5) is 11.6 Å². The number of pyridine rings is 2. The first kappa shape index (κ1) is 13.5. The largest absolute Gasteiger partial charge is 0.356 e. The van der Waals surface area contributed by atoms with Crippen LogP contribution >= 0.6 is 0 Å². The number of rotatable bonds is 3. The molecule has 0 bridgehead atoms. The molecule has 5 heteroatoms. The van der Waals surface area contributed by atoms with Crippen molar-refractivity contribution in [1.82, 2.24) is 9.97 Å². The van der Waals surface area contributed by atoms with Crippen molar-refractivity contribution in [2.24, 2.45) is 0 Å². The van der Waals surface area contributed by atoms with Crippen LogP contribution in [-0.2, 0) is 0 Å². The van der Waals surface area contributed by atoms with E-state index in [1.54, 1.807) is 24.5 Å². The highest BCUT2D eigenvalue weighted by atomic mass is 16.1. The van der Waals surface area contributed by atoms with Gasteiger partial charge in [-0.1, -0.05) is 6.07 Å². The number of anilines is 2. The zero-order chi connectivity index (χ0) is 14.7. The molecule has 5 nitrogen and oxygen atoms in total. The molecule has 1 aliphatic rings. The van der Waals surface area contributed by atoms with Gasteiger partial charge in [0.05, 0.1) is 5.56 Å². The molecule has 0 aliphatic carbocycles. The maximum atomic E-state index is 12.5. The lowest BCUT2D eigenvalue weighted by Gasteiger charge is -2.19. The average molecular weight is 282 g/mol. The minimum atomic E-state index is -0.165. The van der Waals surface area contributed by atoms with E-state index < -0.39 is 0 Å². The van der Waals surface area contributed by atoms with Crippen molar-refractivity contribution in [1.29, 1.82) is 0 Å². The Balaban J connectivity index is 1.82. The number of carbonyl (C=O) groups is 1. The second-order valence-corrected chi connectivity index (χ2v) is 5.24. The van der Waals surface area contributed by atoms with Crippen LogP contribution in [-0.4, -0.2) is 29.0 Å². The van der Waals surface area contributed by atoms with Crippen LogP contribution in [0.15, 0.2) is 36.7 Å². The molecular weight excluding hydrogens is 264 g/mol. The zero-order valence-corrected chi connectivity index (χ0v) is 12.0. The summed E-state index contributed by atoms with van der Waals surface area (Å²) in [5, 5.41) is 2.83. The fraction of sp³-hybridized carbons (Fsp3) is 0.312. The molecule has 108 valence electrons. The number of nitrogens with one attached hydrogen (secondary N) is 1. The van der Waals surface area contributed by atoms with Gasteiger partial charge in [-0.05, 0) is 43.5 Å². The number of carbonyl (C=O) groups excluding carboxylic acids is 1. The molecule has 1 N–H and O–H groups in total. The van der Waals surface area contributed by atoms with Gasteiger partial charge in [-0.2, -0.15) is 0 Å². The highest BCUT2D eigenvalue weighted by Crippen LogP contribution is 2.22. The van der Waals surface area contributed by atoms with Crippen LogP contribution < -0.4 is 10.2 Å². The molecule has 1 fully saturated rings. The summed E-state index contributed by atoms with van der Waals surface area (Å²) in [5.74, 6) is 1.16. The number of aromatic nitrogens is 2. The first-order valence-corrected chi connectivity index (χ1v) is 7.18. The van der Waals surface area contributed by atoms with Gasteiger partial charge in [0, 0.05) is 25.5 Å². The Bertz CT molecular complexity index is 633. The Morgan fingerprint density at radius 2 is 2.00 bits per heavy atom. The number of nitrogens with zero attached hydrogens (tertiary/aromatic N) is 3. The van der Waals surface area contributed by atoms with Crippen molar-refractivity contribution in [3.63, 3.8) is 0 Å². The second-order valence-electron chi connectivity index (χ2n) is 5.24. The van der Waals surface area contributed by atoms with Crippen LogP contribution in [0.5, 0.6) is 0 Å². The van der Waals surface area contributed by atoms with E-state index in [-0.39, 0.29) is 5.91 Å². The quantitative estimate of drug-likeness (QED) is 0.940. The molecule has 0 atom stereocenters. The summed E-state index contributed by atoms with van der Waals surface area (Å²) in [6, 6.07) is 7.33. The molecule has 0 unspecified atom stereocenters. The summed E-state index contributed by atoms with van der Waals surface area (Å²) in [5.41, 5.74) is 1.66. The minimum Gasteiger partial charge on any atom is -0.356 e. The first-order valence-electron chi connectivity index (χ1n) is 7.18. The predicted molar refractivity (Wildman–Crippen MR) is 82.6 cm³/mol. The van der Waals surface area contributed by atoms with Crippen LogP contribution in [0.1, 0.15) is 28.8 Å². The van der Waals surface area contributed by atoms with Gasteiger partial charge in [0.25, 0.3) is 5.91 Å². The van der Waals surface area contributed by atoms with E-state index in [4.69, 9.17) is 0 Å². The smallest absolute Gasteiger partial charge is 0.260 e. The van der Waals surface area contributed by atoms with E-state index in [0.717, 1.165) is 37.3 Å². The van der Waals surface area contributed by atoms with Gasteiger partial charge >= 0.3 is 0 Å². The molecule has 3 rings (SSSR count). The van der Waals surface area contributed by atoms with Crippen molar-refractivity contribution in [2.75, 3.05) is 23.3 Å². The van der Waals surface area contributed by atoms with E-state index in [2.05, 4.69) is 20.2 Å². The third-order valence-corrected chi connectivity index (χ3v) is 3.59. The highest BCUT2D eigenvalue weighted by molar-refractivity contribution is 6.07. The normalized spacial score (nSPS) is 14.2. The second kappa shape index (κ2) is 5.91. The highest BCUT2D eigenvalue weighted by Gasteiger charge is 2.20. The molecule has 0 spiro atoms. The Hall–Kier alpha value is -2.43. The molecule has 2 aromatic rings. The van der Waals surface area contributed by atoms with E-state index >= 15 is 0 Å². The summed E-state index contributed by atoms with van der Waals surface area (Å²) in [4.78, 5) is 23.2. The molecule has 1 aliphatic heterocycles. The molecule has 1 amide bonds. The molecular formula is C16H18N4O. The van der Waals surface area contributed by atoms with Crippen molar-refractivity contribution in [2.45, 2.75) is 19.8 Å². The predicted octanol–water partition coefficient (Wildman–Crippen LogP) is 2.64. The Morgan fingerprint density at radius 3 is 2.71 bits per heavy atom. The Morgan fingerprint density at radius 1 is 1.19 bits per heavy atom. The van der Waals surface area contributed by atoms with Gasteiger partial charge in [0.15, 0.2) is 0 Å². The van der Waals surface area contributed by atoms with E-state index in [9.17, 15) is 4.79 Å².